The maximum absolute atomic E-state index is 12.3. The Hall–Kier alpha value is -1.35. The van der Waals surface area contributed by atoms with Gasteiger partial charge in [-0.1, -0.05) is 44.2 Å². The lowest BCUT2D eigenvalue weighted by Crippen LogP contribution is -2.42. The van der Waals surface area contributed by atoms with Crippen molar-refractivity contribution in [2.45, 2.75) is 57.4 Å². The molecule has 0 spiro atoms. The van der Waals surface area contributed by atoms with E-state index in [-0.39, 0.29) is 23.3 Å². The molecule has 3 N–H and O–H groups in total. The molecule has 0 saturated heterocycles. The second-order valence-corrected chi connectivity index (χ2v) is 6.34. The monoisotopic (exact) mass is 288 g/mol. The van der Waals surface area contributed by atoms with Gasteiger partial charge in [0.25, 0.3) is 0 Å². The van der Waals surface area contributed by atoms with E-state index in [1.807, 2.05) is 6.07 Å². The van der Waals surface area contributed by atoms with E-state index in [0.717, 1.165) is 32.1 Å². The number of amides is 1. The van der Waals surface area contributed by atoms with Gasteiger partial charge in [0.05, 0.1) is 0 Å². The van der Waals surface area contributed by atoms with Crippen molar-refractivity contribution in [1.29, 1.82) is 0 Å². The molecule has 1 amide bonds. The predicted octanol–water partition coefficient (Wildman–Crippen LogP) is 2.99. The molecule has 1 aromatic rings. The van der Waals surface area contributed by atoms with Crippen molar-refractivity contribution in [3.05, 3.63) is 35.9 Å². The first-order chi connectivity index (χ1) is 10.1. The smallest absolute Gasteiger partial charge is 0.223 e. The predicted molar refractivity (Wildman–Crippen MR) is 87.0 cm³/mol. The summed E-state index contributed by atoms with van der Waals surface area (Å²) in [5.41, 5.74) is 7.27. The Balaban J connectivity index is 2.02. The summed E-state index contributed by atoms with van der Waals surface area (Å²) < 4.78 is 0. The average molecular weight is 288 g/mol. The molecule has 116 valence electrons. The summed E-state index contributed by atoms with van der Waals surface area (Å²) in [6.07, 6.45) is 4.80. The van der Waals surface area contributed by atoms with Crippen LogP contribution < -0.4 is 11.1 Å². The third-order valence-electron chi connectivity index (χ3n) is 5.18. The highest BCUT2D eigenvalue weighted by Gasteiger charge is 2.32. The van der Waals surface area contributed by atoms with Crippen LogP contribution in [0.2, 0.25) is 0 Å². The third kappa shape index (κ3) is 3.65. The molecule has 2 atom stereocenters. The molecule has 0 radical (unpaired) electrons. The van der Waals surface area contributed by atoms with Crippen LogP contribution in [0, 0.1) is 5.92 Å². The van der Waals surface area contributed by atoms with Gasteiger partial charge in [-0.05, 0) is 37.7 Å². The number of carbonyl (C=O) groups is 1. The normalized spacial score (nSPS) is 22.2. The molecule has 0 heterocycles. The summed E-state index contributed by atoms with van der Waals surface area (Å²) in [6.45, 7) is 5.12. The van der Waals surface area contributed by atoms with Crippen LogP contribution in [-0.4, -0.2) is 18.5 Å². The van der Waals surface area contributed by atoms with Gasteiger partial charge in [-0.25, -0.2) is 0 Å². The van der Waals surface area contributed by atoms with Crippen LogP contribution >= 0.6 is 0 Å². The lowest BCUT2D eigenvalue weighted by Gasteiger charge is -2.33. The van der Waals surface area contributed by atoms with Crippen molar-refractivity contribution in [3.8, 4) is 0 Å². The van der Waals surface area contributed by atoms with Crippen LogP contribution in [0.3, 0.4) is 0 Å². The Bertz CT molecular complexity index is 454. The summed E-state index contributed by atoms with van der Waals surface area (Å²) >= 11 is 0. The minimum Gasteiger partial charge on any atom is -0.355 e. The van der Waals surface area contributed by atoms with Crippen LogP contribution in [-0.2, 0) is 10.2 Å². The van der Waals surface area contributed by atoms with Crippen LogP contribution in [0.15, 0.2) is 30.3 Å². The summed E-state index contributed by atoms with van der Waals surface area (Å²) in [5.74, 6) is 0.298. The Morgan fingerprint density at radius 3 is 2.43 bits per heavy atom. The van der Waals surface area contributed by atoms with Crippen LogP contribution in [0.25, 0.3) is 0 Å². The molecular weight excluding hydrogens is 260 g/mol. The Morgan fingerprint density at radius 2 is 1.90 bits per heavy atom. The molecule has 1 saturated carbocycles. The van der Waals surface area contributed by atoms with Crippen molar-refractivity contribution in [1.82, 2.24) is 5.32 Å². The van der Waals surface area contributed by atoms with Gasteiger partial charge in [-0.2, -0.15) is 0 Å². The van der Waals surface area contributed by atoms with Gasteiger partial charge in [0, 0.05) is 23.9 Å². The van der Waals surface area contributed by atoms with Crippen molar-refractivity contribution in [2.24, 2.45) is 11.7 Å². The maximum Gasteiger partial charge on any atom is 0.223 e. The van der Waals surface area contributed by atoms with Crippen LogP contribution in [0.1, 0.15) is 51.5 Å². The molecule has 3 nitrogen and oxygen atoms in total. The Labute approximate surface area is 128 Å². The number of hydrogen-bond acceptors (Lipinski definition) is 2. The maximum atomic E-state index is 12.3. The van der Waals surface area contributed by atoms with Crippen molar-refractivity contribution >= 4 is 5.91 Å². The molecule has 1 aromatic carbocycles. The van der Waals surface area contributed by atoms with Gasteiger partial charge in [0.15, 0.2) is 0 Å². The molecule has 1 aliphatic rings. The quantitative estimate of drug-likeness (QED) is 0.845. The van der Waals surface area contributed by atoms with Crippen molar-refractivity contribution < 1.29 is 4.79 Å². The lowest BCUT2D eigenvalue weighted by molar-refractivity contribution is -0.125. The second kappa shape index (κ2) is 7.08. The van der Waals surface area contributed by atoms with Gasteiger partial charge in [-0.15, -0.1) is 0 Å². The van der Waals surface area contributed by atoms with E-state index < -0.39 is 0 Å². The SMILES string of the molecule is CCC(CC)(CNC(=O)C1CCC(N)C1)c1ccccc1. The zero-order valence-corrected chi connectivity index (χ0v) is 13.3. The highest BCUT2D eigenvalue weighted by Crippen LogP contribution is 2.31. The minimum absolute atomic E-state index is 0.0393. The van der Waals surface area contributed by atoms with Crippen LogP contribution in [0.4, 0.5) is 0 Å². The summed E-state index contributed by atoms with van der Waals surface area (Å²) in [7, 11) is 0. The first kappa shape index (κ1) is 16.0. The largest absolute Gasteiger partial charge is 0.355 e. The fraction of sp³-hybridized carbons (Fsp3) is 0.611. The zero-order valence-electron chi connectivity index (χ0n) is 13.3. The number of benzene rings is 1. The first-order valence-corrected chi connectivity index (χ1v) is 8.20. The molecule has 2 unspecified atom stereocenters. The standard InChI is InChI=1S/C18H28N2O/c1-3-18(4-2,15-8-6-5-7-9-15)13-20-17(21)14-10-11-16(19)12-14/h5-9,14,16H,3-4,10-13,19H2,1-2H3,(H,20,21). The van der Waals surface area contributed by atoms with E-state index in [1.54, 1.807) is 0 Å². The Kier molecular flexibility index (Phi) is 5.40. The summed E-state index contributed by atoms with van der Waals surface area (Å²) in [6, 6.07) is 10.7. The fourth-order valence-corrected chi connectivity index (χ4v) is 3.46. The Morgan fingerprint density at radius 1 is 1.24 bits per heavy atom. The highest BCUT2D eigenvalue weighted by atomic mass is 16.1. The summed E-state index contributed by atoms with van der Waals surface area (Å²) in [4.78, 5) is 12.3. The number of carbonyl (C=O) groups excluding carboxylic acids is 1. The molecule has 1 aliphatic carbocycles. The molecule has 1 fully saturated rings. The number of nitrogens with two attached hydrogens (primary N) is 1. The van der Waals surface area contributed by atoms with Gasteiger partial charge in [0.2, 0.25) is 5.91 Å². The number of rotatable bonds is 6. The zero-order chi connectivity index (χ0) is 15.3. The molecule has 21 heavy (non-hydrogen) atoms. The molecule has 0 bridgehead atoms. The molecule has 3 heteroatoms. The van der Waals surface area contributed by atoms with Crippen molar-refractivity contribution in [2.75, 3.05) is 6.54 Å². The average Bonchev–Trinajstić information content (AvgIpc) is 2.96. The number of hydrogen-bond donors (Lipinski definition) is 2. The topological polar surface area (TPSA) is 55.1 Å². The van der Waals surface area contributed by atoms with E-state index in [4.69, 9.17) is 5.73 Å². The molecular formula is C18H28N2O. The lowest BCUT2D eigenvalue weighted by atomic mass is 9.75. The van der Waals surface area contributed by atoms with Gasteiger partial charge >= 0.3 is 0 Å². The molecule has 2 rings (SSSR count). The van der Waals surface area contributed by atoms with Crippen molar-refractivity contribution in [3.63, 3.8) is 0 Å². The molecule has 0 aliphatic heterocycles. The number of nitrogens with one attached hydrogen (secondary N) is 1. The van der Waals surface area contributed by atoms with E-state index in [9.17, 15) is 4.79 Å². The van der Waals surface area contributed by atoms with E-state index in [1.165, 1.54) is 5.56 Å². The van der Waals surface area contributed by atoms with E-state index in [2.05, 4.69) is 43.4 Å². The van der Waals surface area contributed by atoms with Crippen LogP contribution in [0.5, 0.6) is 0 Å². The first-order valence-electron chi connectivity index (χ1n) is 8.20. The fourth-order valence-electron chi connectivity index (χ4n) is 3.46. The van der Waals surface area contributed by atoms with Gasteiger partial charge in [-0.3, -0.25) is 4.79 Å². The van der Waals surface area contributed by atoms with E-state index in [0.29, 0.717) is 6.54 Å². The summed E-state index contributed by atoms with van der Waals surface area (Å²) in [5, 5.41) is 3.19. The second-order valence-electron chi connectivity index (χ2n) is 6.34. The minimum atomic E-state index is 0.0393. The molecule has 0 aromatic heterocycles. The third-order valence-corrected chi connectivity index (χ3v) is 5.18. The highest BCUT2D eigenvalue weighted by molar-refractivity contribution is 5.79. The van der Waals surface area contributed by atoms with Gasteiger partial charge in [0.1, 0.15) is 0 Å². The van der Waals surface area contributed by atoms with Gasteiger partial charge < -0.3 is 11.1 Å². The van der Waals surface area contributed by atoms with E-state index >= 15 is 0 Å².